The second-order valence-electron chi connectivity index (χ2n) is 19.3. The summed E-state index contributed by atoms with van der Waals surface area (Å²) in [5, 5.41) is 0. The number of carbonyl (C=O) groups excluding carboxylic acids is 3. The van der Waals surface area contributed by atoms with Crippen molar-refractivity contribution in [3.63, 3.8) is 0 Å². The van der Waals surface area contributed by atoms with Crippen molar-refractivity contribution in [2.45, 2.75) is 297 Å². The lowest BCUT2D eigenvalue weighted by molar-refractivity contribution is -0.167. The molecule has 0 aliphatic carbocycles. The molecule has 0 amide bonds. The first-order valence-corrected chi connectivity index (χ1v) is 34.5. The van der Waals surface area contributed by atoms with Crippen LogP contribution in [0.5, 0.6) is 0 Å². The maximum atomic E-state index is 13.0. The van der Waals surface area contributed by atoms with Gasteiger partial charge in [-0.2, -0.15) is 0 Å². The van der Waals surface area contributed by atoms with Crippen molar-refractivity contribution in [2.24, 2.45) is 0 Å². The van der Waals surface area contributed by atoms with Crippen molar-refractivity contribution < 1.29 is 28.6 Å². The number of hydrogen-bond donors (Lipinski definition) is 0. The molecule has 0 radical (unpaired) electrons. The summed E-state index contributed by atoms with van der Waals surface area (Å²) in [6.45, 7) is 6.63. The van der Waals surface area contributed by atoms with E-state index in [1.54, 1.807) is 0 Å². The minimum absolute atomic E-state index is 0.0883. The van der Waals surface area contributed by atoms with E-state index in [4.69, 9.17) is 14.2 Å². The van der Waals surface area contributed by atoms with Crippen LogP contribution in [0.4, 0.5) is 0 Å². The van der Waals surface area contributed by atoms with Gasteiger partial charge in [-0.1, -0.05) is 175 Å². The van der Waals surface area contributed by atoms with Crippen LogP contribution in [-0.2, 0) is 28.6 Å². The lowest BCUT2D eigenvalue weighted by atomic mass is 10.1. The molecule has 0 bridgehead atoms. The molecule has 0 atom stereocenters. The highest BCUT2D eigenvalue weighted by atomic mass is 131. The smallest absolute Gasteiger partial charge is 0.306 e. The zero-order valence-electron chi connectivity index (χ0n) is 43.9. The molecule has 0 aliphatic heterocycles. The van der Waals surface area contributed by atoms with Crippen LogP contribution in [0.1, 0.15) is 290 Å². The van der Waals surface area contributed by atoms with Gasteiger partial charge in [0.2, 0.25) is 0 Å². The van der Waals surface area contributed by atoms with Crippen LogP contribution >= 0.6 is 136 Å². The van der Waals surface area contributed by atoms with E-state index in [1.807, 2.05) is 0 Å². The molecule has 0 saturated carbocycles. The summed E-state index contributed by atoms with van der Waals surface area (Å²) in [7, 11) is 0. The molecule has 69 heavy (non-hydrogen) atoms. The number of hydrogen-bond acceptors (Lipinski definition) is 6. The molecule has 12 heteroatoms. The normalized spacial score (nSPS) is 12.8. The SMILES string of the molecule is CCCCCCCC/C([131I])=C(/[131I])CCCCCCCC(=O)OCC(COC(=O)CCCCCCC/C([131I])=C(/[131I])CCCCCCCC)OC(=O)CCCCCCC/C([131I])=C(/[131I])CCCCCCCC. The topological polar surface area (TPSA) is 78.9 Å². The second-order valence-corrected chi connectivity index (χ2v) is 27.1. The van der Waals surface area contributed by atoms with Crippen molar-refractivity contribution in [1.29, 1.82) is 0 Å². The summed E-state index contributed by atoms with van der Waals surface area (Å²) in [6, 6.07) is 0. The molecule has 0 fully saturated rings. The van der Waals surface area contributed by atoms with Gasteiger partial charge in [0.25, 0.3) is 0 Å². The van der Waals surface area contributed by atoms with E-state index in [9.17, 15) is 14.4 Å². The number of esters is 3. The standard InChI is InChI=1S/C57H98I6O6/c1-4-7-10-13-19-28-37-49(58)52(61)40-31-22-16-25-34-43-55(64)67-46-48(69-57(66)45-36-27-18-24-33-42-54(63)51(60)39-30-21-15-12-9-6-3)47-68-56(65)44-35-26-17-23-32-41-53(62)50(59)38-29-20-14-11-8-5-2/h48H,4-47H2,1-3H3/b52-49-,53-50-,54-51-/i58+4,59+4,60+4,61+4,62+4,63+4. The van der Waals surface area contributed by atoms with Gasteiger partial charge in [0.05, 0.1) is 0 Å². The first kappa shape index (κ1) is 71.0. The highest BCUT2D eigenvalue weighted by Crippen LogP contribution is 2.31. The fraction of sp³-hybridized carbons (Fsp3) is 0.842. The quantitative estimate of drug-likeness (QED) is 0.0261. The predicted octanol–water partition coefficient (Wildman–Crippen LogP) is 22.7. The Kier molecular flexibility index (Phi) is 55.0. The van der Waals surface area contributed by atoms with Crippen molar-refractivity contribution in [2.75, 3.05) is 13.2 Å². The van der Waals surface area contributed by atoms with E-state index in [-0.39, 0.29) is 31.1 Å². The van der Waals surface area contributed by atoms with Crippen molar-refractivity contribution >= 4 is 153 Å². The number of rotatable bonds is 50. The van der Waals surface area contributed by atoms with Crippen molar-refractivity contribution in [1.82, 2.24) is 0 Å². The average molecular weight is 1660 g/mol. The molecule has 0 saturated heterocycles. The fourth-order valence-electron chi connectivity index (χ4n) is 8.11. The van der Waals surface area contributed by atoms with Crippen LogP contribution < -0.4 is 0 Å². The zero-order valence-corrected chi connectivity index (χ0v) is 56.9. The Morgan fingerprint density at radius 3 is 0.696 bits per heavy atom. The fourth-order valence-corrected chi connectivity index (χ4v) is 12.0. The number of allylic oxidation sites excluding steroid dienone is 6. The second kappa shape index (κ2) is 53.4. The van der Waals surface area contributed by atoms with Gasteiger partial charge in [-0.15, -0.1) is 0 Å². The molecular formula is C57H98I6O6. The van der Waals surface area contributed by atoms with E-state index in [0.717, 1.165) is 96.3 Å². The summed E-state index contributed by atoms with van der Waals surface area (Å²) in [4.78, 5) is 38.5. The van der Waals surface area contributed by atoms with Gasteiger partial charge in [0.1, 0.15) is 13.2 Å². The molecule has 0 rings (SSSR count). The van der Waals surface area contributed by atoms with Crippen LogP contribution in [0, 0.1) is 0 Å². The van der Waals surface area contributed by atoms with E-state index >= 15 is 0 Å². The third-order valence-electron chi connectivity index (χ3n) is 12.6. The predicted molar refractivity (Wildman–Crippen MR) is 348 cm³/mol. The Morgan fingerprint density at radius 2 is 0.464 bits per heavy atom. The maximum Gasteiger partial charge on any atom is 0.306 e. The first-order chi connectivity index (χ1) is 33.4. The Bertz CT molecular complexity index is 1300. The maximum absolute atomic E-state index is 13.0. The first-order valence-electron chi connectivity index (χ1n) is 28.0. The number of carbonyl (C=O) groups is 3. The summed E-state index contributed by atoms with van der Waals surface area (Å²) >= 11 is 15.3. The number of halogens is 6. The van der Waals surface area contributed by atoms with Crippen LogP contribution in [0.2, 0.25) is 0 Å². The van der Waals surface area contributed by atoms with E-state index in [1.165, 1.54) is 176 Å². The minimum atomic E-state index is -0.795. The van der Waals surface area contributed by atoms with Crippen LogP contribution in [0.3, 0.4) is 0 Å². The lowest BCUT2D eigenvalue weighted by Crippen LogP contribution is -2.30. The lowest BCUT2D eigenvalue weighted by Gasteiger charge is -2.18. The number of ether oxygens (including phenoxy) is 3. The van der Waals surface area contributed by atoms with E-state index in [0.29, 0.717) is 19.3 Å². The molecule has 404 valence electrons. The molecule has 0 heterocycles. The van der Waals surface area contributed by atoms with Crippen LogP contribution in [0.25, 0.3) is 0 Å². The van der Waals surface area contributed by atoms with Gasteiger partial charge in [-0.25, -0.2) is 0 Å². The third-order valence-corrected chi connectivity index (χ3v) is 22.9. The largest absolute Gasteiger partial charge is 0.462 e. The van der Waals surface area contributed by atoms with Gasteiger partial charge in [0, 0.05) is 19.3 Å². The Hall–Kier alpha value is 2.01. The molecule has 0 aromatic heterocycles. The summed E-state index contributed by atoms with van der Waals surface area (Å²) in [5.74, 6) is -0.899. The average Bonchev–Trinajstić information content (AvgIpc) is 3.34. The Morgan fingerprint density at radius 1 is 0.275 bits per heavy atom. The Labute approximate surface area is 507 Å². The van der Waals surface area contributed by atoms with Gasteiger partial charge < -0.3 is 14.2 Å². The van der Waals surface area contributed by atoms with Gasteiger partial charge in [0.15, 0.2) is 6.10 Å². The van der Waals surface area contributed by atoms with Gasteiger partial charge in [-0.3, -0.25) is 14.4 Å². The third kappa shape index (κ3) is 48.1. The monoisotopic (exact) mass is 1660 g/mol. The molecule has 0 aromatic carbocycles. The highest BCUT2D eigenvalue weighted by molar-refractivity contribution is 14.1. The zero-order chi connectivity index (χ0) is 51.0. The van der Waals surface area contributed by atoms with Crippen LogP contribution in [-0.4, -0.2) is 37.2 Å². The molecule has 0 aliphatic rings. The molecule has 0 unspecified atom stereocenters. The van der Waals surface area contributed by atoms with Crippen LogP contribution in [0.15, 0.2) is 21.5 Å². The Balaban J connectivity index is 4.73. The van der Waals surface area contributed by atoms with E-state index < -0.39 is 6.10 Å². The summed E-state index contributed by atoms with van der Waals surface area (Å²) in [6.07, 6.45) is 46.9. The molecule has 0 N–H and O–H groups in total. The molecule has 0 aromatic rings. The van der Waals surface area contributed by atoms with Crippen molar-refractivity contribution in [3.05, 3.63) is 21.5 Å². The summed E-state index contributed by atoms with van der Waals surface area (Å²) in [5.41, 5.74) is 0. The molecule has 6 nitrogen and oxygen atoms in total. The van der Waals surface area contributed by atoms with Gasteiger partial charge in [-0.05, 0) is 253 Å². The number of unbranched alkanes of at least 4 members (excludes halogenated alkanes) is 27. The summed E-state index contributed by atoms with van der Waals surface area (Å²) < 4.78 is 26.1. The van der Waals surface area contributed by atoms with Crippen molar-refractivity contribution in [3.8, 4) is 0 Å². The minimum Gasteiger partial charge on any atom is -0.462 e. The highest BCUT2D eigenvalue weighted by Gasteiger charge is 2.20. The van der Waals surface area contributed by atoms with Gasteiger partial charge >= 0.3 is 17.9 Å². The van der Waals surface area contributed by atoms with E-state index in [2.05, 4.69) is 156 Å². The molecule has 0 spiro atoms. The molecular weight excluding hydrogens is 1570 g/mol.